The second kappa shape index (κ2) is 7.62. The third kappa shape index (κ3) is 4.87. The third-order valence-electron chi connectivity index (χ3n) is 3.03. The Hall–Kier alpha value is -1.32. The highest BCUT2D eigenvalue weighted by Gasteiger charge is 2.32. The number of carbonyl (C=O) groups excluding carboxylic acids is 2. The standard InChI is InChI=1S/C12H21N5O3S/c1-9(2)14-16-21-8-13-12(19)10(21)7-11(18)15-17-3-5-20-6-4-17/h10H,3-8H2,1-2H3,(H,13,19)(H,15,18). The molecule has 118 valence electrons. The molecule has 0 spiro atoms. The van der Waals surface area contributed by atoms with Crippen LogP contribution < -0.4 is 10.7 Å². The molecule has 2 atom stereocenters. The van der Waals surface area contributed by atoms with Gasteiger partial charge in [-0.15, -0.1) is 4.47 Å². The van der Waals surface area contributed by atoms with E-state index in [1.807, 2.05) is 18.9 Å². The molecular formula is C12H21N5O3S. The summed E-state index contributed by atoms with van der Waals surface area (Å²) < 4.78 is 9.39. The fourth-order valence-corrected chi connectivity index (χ4v) is 3.56. The van der Waals surface area contributed by atoms with Gasteiger partial charge < -0.3 is 10.1 Å². The van der Waals surface area contributed by atoms with Crippen LogP contribution in [-0.2, 0) is 25.0 Å². The molecular weight excluding hydrogens is 294 g/mol. The van der Waals surface area contributed by atoms with Crippen LogP contribution in [0.25, 0.3) is 0 Å². The number of hydrogen-bond donors (Lipinski definition) is 2. The zero-order valence-corrected chi connectivity index (χ0v) is 13.1. The molecule has 21 heavy (non-hydrogen) atoms. The summed E-state index contributed by atoms with van der Waals surface area (Å²) in [5.74, 6) is 0.178. The van der Waals surface area contributed by atoms with Gasteiger partial charge in [-0.25, -0.2) is 5.01 Å². The first kappa shape index (κ1) is 16.1. The Morgan fingerprint density at radius 2 is 2.19 bits per heavy atom. The topological polar surface area (TPSA) is 95.4 Å². The number of carbonyl (C=O) groups is 2. The van der Waals surface area contributed by atoms with E-state index in [0.29, 0.717) is 32.2 Å². The minimum absolute atomic E-state index is 0.122. The van der Waals surface area contributed by atoms with Gasteiger partial charge in [-0.05, 0) is 24.5 Å². The second-order valence-electron chi connectivity index (χ2n) is 5.04. The fourth-order valence-electron chi connectivity index (χ4n) is 1.96. The van der Waals surface area contributed by atoms with Gasteiger partial charge >= 0.3 is 0 Å². The number of amides is 2. The van der Waals surface area contributed by atoms with Gasteiger partial charge in [-0.2, -0.15) is 5.10 Å². The first-order chi connectivity index (χ1) is 10.1. The maximum Gasteiger partial charge on any atom is 0.235 e. The SMILES string of the molecule is CC(C)=N/N=S1\CNC(=O)C1CC(=O)NN1CCOCC1. The molecule has 9 heteroatoms. The van der Waals surface area contributed by atoms with Gasteiger partial charge in [0.1, 0.15) is 5.25 Å². The van der Waals surface area contributed by atoms with Crippen molar-refractivity contribution in [2.75, 3.05) is 32.2 Å². The van der Waals surface area contributed by atoms with Crippen LogP contribution in [-0.4, -0.2) is 60.0 Å². The third-order valence-corrected chi connectivity index (χ3v) is 4.79. The van der Waals surface area contributed by atoms with Crippen LogP contribution in [0.5, 0.6) is 0 Å². The average molecular weight is 315 g/mol. The lowest BCUT2D eigenvalue weighted by Gasteiger charge is -2.27. The summed E-state index contributed by atoms with van der Waals surface area (Å²) in [6.45, 7) is 6.23. The van der Waals surface area contributed by atoms with E-state index < -0.39 is 15.9 Å². The number of nitrogens with one attached hydrogen (secondary N) is 2. The predicted octanol–water partition coefficient (Wildman–Crippen LogP) is -0.606. The van der Waals surface area contributed by atoms with Crippen molar-refractivity contribution in [3.8, 4) is 0 Å². The molecule has 0 bridgehead atoms. The Morgan fingerprint density at radius 3 is 2.86 bits per heavy atom. The highest BCUT2D eigenvalue weighted by molar-refractivity contribution is 7.89. The van der Waals surface area contributed by atoms with Gasteiger partial charge in [-0.3, -0.25) is 15.0 Å². The van der Waals surface area contributed by atoms with E-state index in [2.05, 4.69) is 20.3 Å². The maximum atomic E-state index is 12.0. The van der Waals surface area contributed by atoms with E-state index in [0.717, 1.165) is 5.71 Å². The molecule has 0 radical (unpaired) electrons. The molecule has 2 aliphatic heterocycles. The fraction of sp³-hybridized carbons (Fsp3) is 0.750. The summed E-state index contributed by atoms with van der Waals surface area (Å²) in [6, 6.07) is 0. The minimum atomic E-state index is -0.570. The van der Waals surface area contributed by atoms with Crippen molar-refractivity contribution in [3.05, 3.63) is 0 Å². The smallest absolute Gasteiger partial charge is 0.235 e. The monoisotopic (exact) mass is 315 g/mol. The number of hydrogen-bond acceptors (Lipinski definition) is 5. The van der Waals surface area contributed by atoms with Crippen LogP contribution in [0.4, 0.5) is 0 Å². The van der Waals surface area contributed by atoms with Crippen LogP contribution in [0.15, 0.2) is 9.57 Å². The highest BCUT2D eigenvalue weighted by Crippen LogP contribution is 2.12. The molecule has 0 aromatic heterocycles. The molecule has 2 amide bonds. The number of rotatable bonds is 4. The molecule has 8 nitrogen and oxygen atoms in total. The number of morpholine rings is 1. The van der Waals surface area contributed by atoms with Crippen molar-refractivity contribution in [2.45, 2.75) is 25.5 Å². The Balaban J connectivity index is 1.92. The van der Waals surface area contributed by atoms with Crippen molar-refractivity contribution in [2.24, 2.45) is 9.57 Å². The molecule has 0 saturated carbocycles. The molecule has 2 heterocycles. The summed E-state index contributed by atoms with van der Waals surface area (Å²) in [4.78, 5) is 23.9. The van der Waals surface area contributed by atoms with Crippen molar-refractivity contribution >= 4 is 28.2 Å². The minimum Gasteiger partial charge on any atom is -0.379 e. The Morgan fingerprint density at radius 1 is 1.48 bits per heavy atom. The van der Waals surface area contributed by atoms with Crippen LogP contribution in [0.2, 0.25) is 0 Å². The summed E-state index contributed by atoms with van der Waals surface area (Å²) in [7, 11) is -0.570. The summed E-state index contributed by atoms with van der Waals surface area (Å²) in [5.41, 5.74) is 3.64. The molecule has 2 aliphatic rings. The quantitative estimate of drug-likeness (QED) is 0.534. The van der Waals surface area contributed by atoms with E-state index in [1.54, 1.807) is 0 Å². The van der Waals surface area contributed by atoms with Crippen molar-refractivity contribution in [1.82, 2.24) is 15.8 Å². The van der Waals surface area contributed by atoms with Gasteiger partial charge in [0.25, 0.3) is 0 Å². The van der Waals surface area contributed by atoms with E-state index in [4.69, 9.17) is 4.74 Å². The highest BCUT2D eigenvalue weighted by atomic mass is 32.2. The van der Waals surface area contributed by atoms with Gasteiger partial charge in [0.15, 0.2) is 0 Å². The van der Waals surface area contributed by atoms with Crippen molar-refractivity contribution in [3.63, 3.8) is 0 Å². The maximum absolute atomic E-state index is 12.0. The van der Waals surface area contributed by atoms with Crippen LogP contribution in [0.1, 0.15) is 20.3 Å². The van der Waals surface area contributed by atoms with E-state index in [-0.39, 0.29) is 18.2 Å². The first-order valence-corrected chi connectivity index (χ1v) is 8.29. The number of nitrogens with zero attached hydrogens (tertiary/aromatic N) is 3. The molecule has 2 unspecified atom stereocenters. The molecule has 0 aromatic rings. The average Bonchev–Trinajstić information content (AvgIpc) is 2.78. The number of ether oxygens (including phenoxy) is 1. The van der Waals surface area contributed by atoms with Crippen LogP contribution in [0.3, 0.4) is 0 Å². The largest absolute Gasteiger partial charge is 0.379 e. The summed E-state index contributed by atoms with van der Waals surface area (Å²) in [5, 5.41) is 8.17. The molecule has 0 aromatic carbocycles. The molecule has 2 saturated heterocycles. The van der Waals surface area contributed by atoms with Gasteiger partial charge in [0, 0.05) is 25.2 Å². The Kier molecular flexibility index (Phi) is 5.83. The van der Waals surface area contributed by atoms with Crippen molar-refractivity contribution in [1.29, 1.82) is 0 Å². The lowest BCUT2D eigenvalue weighted by Crippen LogP contribution is -2.49. The lowest BCUT2D eigenvalue weighted by atomic mass is 10.3. The molecule has 2 rings (SSSR count). The Labute approximate surface area is 126 Å². The number of hydrazine groups is 1. The van der Waals surface area contributed by atoms with Gasteiger partial charge in [0.2, 0.25) is 11.8 Å². The van der Waals surface area contributed by atoms with Gasteiger partial charge in [-0.1, -0.05) is 0 Å². The summed E-state index contributed by atoms with van der Waals surface area (Å²) >= 11 is 0. The van der Waals surface area contributed by atoms with Crippen molar-refractivity contribution < 1.29 is 14.3 Å². The predicted molar refractivity (Wildman–Crippen MR) is 80.5 cm³/mol. The summed E-state index contributed by atoms with van der Waals surface area (Å²) in [6.07, 6.45) is 0.133. The Bertz CT molecular complexity index is 470. The van der Waals surface area contributed by atoms with E-state index in [1.165, 1.54) is 0 Å². The normalized spacial score (nSPS) is 26.5. The van der Waals surface area contributed by atoms with E-state index >= 15 is 0 Å². The van der Waals surface area contributed by atoms with E-state index in [9.17, 15) is 9.59 Å². The van der Waals surface area contributed by atoms with Crippen LogP contribution in [0, 0.1) is 0 Å². The van der Waals surface area contributed by atoms with Gasteiger partial charge in [0.05, 0.1) is 19.1 Å². The second-order valence-corrected chi connectivity index (χ2v) is 6.87. The molecule has 0 aliphatic carbocycles. The molecule has 2 fully saturated rings. The van der Waals surface area contributed by atoms with Crippen LogP contribution >= 0.6 is 0 Å². The zero-order chi connectivity index (χ0) is 15.2. The lowest BCUT2D eigenvalue weighted by molar-refractivity contribution is -0.130. The first-order valence-electron chi connectivity index (χ1n) is 6.88. The zero-order valence-electron chi connectivity index (χ0n) is 12.3. The molecule has 2 N–H and O–H groups in total.